The molecule has 0 bridgehead atoms. The molecule has 174 valence electrons. The van der Waals surface area contributed by atoms with Crippen LogP contribution in [0.4, 0.5) is 4.79 Å². The van der Waals surface area contributed by atoms with Crippen LogP contribution in [0.2, 0.25) is 0 Å². The first-order chi connectivity index (χ1) is 15.1. The van der Waals surface area contributed by atoms with E-state index >= 15 is 0 Å². The highest BCUT2D eigenvalue weighted by atomic mass is 32.2. The zero-order chi connectivity index (χ0) is 21.8. The van der Waals surface area contributed by atoms with Crippen LogP contribution in [0, 0.1) is 23.7 Å². The molecule has 2 heterocycles. The summed E-state index contributed by atoms with van der Waals surface area (Å²) in [4.78, 5) is 38.0. The third-order valence-corrected chi connectivity index (χ3v) is 10.8. The molecule has 2 N–H and O–H groups in total. The minimum atomic E-state index is -0.694. The van der Waals surface area contributed by atoms with Gasteiger partial charge in [0.15, 0.2) is 0 Å². The largest absolute Gasteiger partial charge is 0.450 e. The molecule has 6 nitrogen and oxygen atoms in total. The number of carbonyl (C=O) groups is 3. The second kappa shape index (κ2) is 10.8. The van der Waals surface area contributed by atoms with E-state index in [1.807, 2.05) is 11.8 Å². The van der Waals surface area contributed by atoms with Crippen molar-refractivity contribution in [1.29, 1.82) is 0 Å². The van der Waals surface area contributed by atoms with Crippen LogP contribution < -0.4 is 10.6 Å². The van der Waals surface area contributed by atoms with Gasteiger partial charge in [-0.2, -0.15) is 11.8 Å². The second-order valence-corrected chi connectivity index (χ2v) is 12.1. The summed E-state index contributed by atoms with van der Waals surface area (Å²) in [7, 11) is 0. The normalized spacial score (nSPS) is 35.9. The van der Waals surface area contributed by atoms with Crippen LogP contribution in [0.5, 0.6) is 0 Å². The van der Waals surface area contributed by atoms with Gasteiger partial charge in [0.2, 0.25) is 11.8 Å². The van der Waals surface area contributed by atoms with Gasteiger partial charge >= 0.3 is 6.09 Å². The number of hydrogen-bond acceptors (Lipinski definition) is 6. The molecule has 3 amide bonds. The summed E-state index contributed by atoms with van der Waals surface area (Å²) in [5.74, 6) is 1.43. The van der Waals surface area contributed by atoms with Gasteiger partial charge in [-0.3, -0.25) is 14.9 Å². The Bertz CT molecular complexity index is 670. The minimum Gasteiger partial charge on any atom is -0.450 e. The molecule has 4 aliphatic rings. The number of carbonyl (C=O) groups excluding carboxylic acids is 3. The van der Waals surface area contributed by atoms with E-state index in [0.29, 0.717) is 22.3 Å². The van der Waals surface area contributed by atoms with Gasteiger partial charge in [-0.05, 0) is 50.9 Å². The maximum Gasteiger partial charge on any atom is 0.413 e. The molecule has 6 unspecified atom stereocenters. The lowest BCUT2D eigenvalue weighted by Gasteiger charge is -2.29. The van der Waals surface area contributed by atoms with E-state index in [9.17, 15) is 14.4 Å². The van der Waals surface area contributed by atoms with Crippen molar-refractivity contribution in [3.8, 4) is 0 Å². The van der Waals surface area contributed by atoms with Crippen LogP contribution in [0.15, 0.2) is 0 Å². The van der Waals surface area contributed by atoms with Gasteiger partial charge in [0.1, 0.15) is 0 Å². The Morgan fingerprint density at radius 1 is 0.903 bits per heavy atom. The van der Waals surface area contributed by atoms with Gasteiger partial charge in [-0.25, -0.2) is 4.79 Å². The number of thioether (sulfide) groups is 2. The van der Waals surface area contributed by atoms with E-state index < -0.39 is 6.09 Å². The number of rotatable bonds is 5. The van der Waals surface area contributed by atoms with Crippen molar-refractivity contribution in [2.45, 2.75) is 87.0 Å². The first-order valence-corrected chi connectivity index (χ1v) is 14.1. The van der Waals surface area contributed by atoms with E-state index in [4.69, 9.17) is 4.74 Å². The van der Waals surface area contributed by atoms with E-state index in [0.717, 1.165) is 18.6 Å². The number of fused-ring (bicyclic) bond motifs is 1. The molecule has 2 aliphatic heterocycles. The topological polar surface area (TPSA) is 84.5 Å². The van der Waals surface area contributed by atoms with Crippen molar-refractivity contribution >= 4 is 41.4 Å². The van der Waals surface area contributed by atoms with Crippen LogP contribution in [-0.2, 0) is 14.3 Å². The molecule has 0 spiro atoms. The molecule has 0 aromatic carbocycles. The molecule has 0 radical (unpaired) electrons. The number of alkyl carbamates (subject to hydrolysis) is 1. The first-order valence-electron chi connectivity index (χ1n) is 12.1. The molecule has 4 fully saturated rings. The highest BCUT2D eigenvalue weighted by Crippen LogP contribution is 2.47. The number of ether oxygens (including phenoxy) is 1. The smallest absolute Gasteiger partial charge is 0.413 e. The van der Waals surface area contributed by atoms with Crippen molar-refractivity contribution in [3.05, 3.63) is 0 Å². The fourth-order valence-electron chi connectivity index (χ4n) is 5.92. The Labute approximate surface area is 194 Å². The second-order valence-electron chi connectivity index (χ2n) is 9.48. The van der Waals surface area contributed by atoms with Crippen LogP contribution >= 0.6 is 23.5 Å². The Morgan fingerprint density at radius 2 is 1.65 bits per heavy atom. The van der Waals surface area contributed by atoms with Crippen LogP contribution in [0.3, 0.4) is 0 Å². The molecular formula is C23H36N2O4S2. The fraction of sp³-hybridized carbons (Fsp3) is 0.870. The van der Waals surface area contributed by atoms with Crippen molar-refractivity contribution in [1.82, 2.24) is 10.6 Å². The van der Waals surface area contributed by atoms with Gasteiger partial charge in [-0.1, -0.05) is 32.1 Å². The minimum absolute atomic E-state index is 0.0541. The van der Waals surface area contributed by atoms with E-state index in [-0.39, 0.29) is 35.6 Å². The van der Waals surface area contributed by atoms with Gasteiger partial charge in [0.25, 0.3) is 0 Å². The molecule has 2 saturated carbocycles. The highest BCUT2D eigenvalue weighted by Gasteiger charge is 2.46. The monoisotopic (exact) mass is 468 g/mol. The molecule has 0 aromatic rings. The summed E-state index contributed by atoms with van der Waals surface area (Å²) in [6.45, 7) is 1.95. The molecule has 4 rings (SSSR count). The quantitative estimate of drug-likeness (QED) is 0.625. The average Bonchev–Trinajstić information content (AvgIpc) is 3.39. The lowest BCUT2D eigenvalue weighted by Crippen LogP contribution is -2.47. The number of amides is 3. The molecule has 31 heavy (non-hydrogen) atoms. The molecular weight excluding hydrogens is 432 g/mol. The fourth-order valence-corrected chi connectivity index (χ4v) is 9.48. The van der Waals surface area contributed by atoms with Crippen LogP contribution in [0.25, 0.3) is 0 Å². The third kappa shape index (κ3) is 5.55. The maximum absolute atomic E-state index is 13.3. The Hall–Kier alpha value is -0.890. The maximum atomic E-state index is 13.3. The van der Waals surface area contributed by atoms with Gasteiger partial charge in [0, 0.05) is 16.3 Å². The van der Waals surface area contributed by atoms with Gasteiger partial charge in [0.05, 0.1) is 23.8 Å². The zero-order valence-electron chi connectivity index (χ0n) is 18.5. The SMILES string of the molecule is CCOC(=O)NC(=O)C1CC(C2CCCCC2)SC1NC(=O)C1CSC2CCCCC21. The lowest BCUT2D eigenvalue weighted by molar-refractivity contribution is -0.127. The summed E-state index contributed by atoms with van der Waals surface area (Å²) >= 11 is 3.72. The first kappa shape index (κ1) is 23.3. The summed E-state index contributed by atoms with van der Waals surface area (Å²) in [5.41, 5.74) is 0. The van der Waals surface area contributed by atoms with E-state index in [1.54, 1.807) is 18.7 Å². The molecule has 2 saturated heterocycles. The Kier molecular flexibility index (Phi) is 8.12. The predicted octanol–water partition coefficient (Wildman–Crippen LogP) is 4.33. The van der Waals surface area contributed by atoms with Gasteiger partial charge in [-0.15, -0.1) is 11.8 Å². The van der Waals surface area contributed by atoms with Crippen LogP contribution in [-0.4, -0.2) is 46.1 Å². The van der Waals surface area contributed by atoms with E-state index in [2.05, 4.69) is 10.6 Å². The number of imide groups is 1. The lowest BCUT2D eigenvalue weighted by atomic mass is 9.80. The Balaban J connectivity index is 1.42. The molecule has 8 heteroatoms. The summed E-state index contributed by atoms with van der Waals surface area (Å²) in [5, 5.41) is 6.38. The van der Waals surface area contributed by atoms with Crippen molar-refractivity contribution in [3.63, 3.8) is 0 Å². The van der Waals surface area contributed by atoms with Crippen molar-refractivity contribution in [2.75, 3.05) is 12.4 Å². The number of nitrogens with one attached hydrogen (secondary N) is 2. The molecule has 0 aromatic heterocycles. The summed E-state index contributed by atoms with van der Waals surface area (Å²) < 4.78 is 4.90. The summed E-state index contributed by atoms with van der Waals surface area (Å²) in [6, 6.07) is 0. The van der Waals surface area contributed by atoms with Crippen molar-refractivity contribution in [2.24, 2.45) is 23.7 Å². The average molecular weight is 469 g/mol. The van der Waals surface area contributed by atoms with Crippen molar-refractivity contribution < 1.29 is 19.1 Å². The zero-order valence-corrected chi connectivity index (χ0v) is 20.1. The Morgan fingerprint density at radius 3 is 2.42 bits per heavy atom. The van der Waals surface area contributed by atoms with Gasteiger partial charge < -0.3 is 10.1 Å². The molecule has 6 atom stereocenters. The third-order valence-electron chi connectivity index (χ3n) is 7.57. The van der Waals surface area contributed by atoms with Crippen LogP contribution in [0.1, 0.15) is 71.1 Å². The van der Waals surface area contributed by atoms with E-state index in [1.165, 1.54) is 51.4 Å². The molecule has 2 aliphatic carbocycles. The predicted molar refractivity (Wildman–Crippen MR) is 125 cm³/mol. The highest BCUT2D eigenvalue weighted by molar-refractivity contribution is 8.00. The summed E-state index contributed by atoms with van der Waals surface area (Å²) in [6.07, 6.45) is 11.1. The number of hydrogen-bond donors (Lipinski definition) is 2. The standard InChI is InChI=1S/C23H36N2O4S2/c1-2-29-23(28)25-20(26)16-12-19(14-8-4-3-5-9-14)31-22(16)24-21(27)17-13-30-18-11-7-6-10-15(17)18/h14-19,22H,2-13H2,1H3,(H,24,27)(H,25,26,28).